The molecule has 5 heterocycles. The zero-order valence-corrected chi connectivity index (χ0v) is 16.6. The molecule has 0 saturated carbocycles. The summed E-state index contributed by atoms with van der Waals surface area (Å²) in [5.41, 5.74) is 1.64. The molecule has 0 aromatic carbocycles. The van der Waals surface area contributed by atoms with Crippen LogP contribution in [0.25, 0.3) is 17.0 Å². The van der Waals surface area contributed by atoms with Crippen molar-refractivity contribution < 1.29 is 4.74 Å². The van der Waals surface area contributed by atoms with Gasteiger partial charge < -0.3 is 14.5 Å². The molecular formula is C20H21N9O. The molecule has 10 nitrogen and oxygen atoms in total. The Hall–Kier alpha value is -3.82. The number of methoxy groups -OCH3 is 1. The Morgan fingerprint density at radius 3 is 2.57 bits per heavy atom. The summed E-state index contributed by atoms with van der Waals surface area (Å²) in [5.74, 6) is 2.87. The van der Waals surface area contributed by atoms with E-state index in [2.05, 4.69) is 34.9 Å². The van der Waals surface area contributed by atoms with Crippen molar-refractivity contribution in [3.63, 3.8) is 0 Å². The van der Waals surface area contributed by atoms with Gasteiger partial charge in [-0.25, -0.2) is 4.98 Å². The Bertz CT molecular complexity index is 1150. The van der Waals surface area contributed by atoms with Gasteiger partial charge in [0, 0.05) is 56.4 Å². The molecule has 0 spiro atoms. The van der Waals surface area contributed by atoms with E-state index in [1.165, 1.54) is 0 Å². The van der Waals surface area contributed by atoms with E-state index in [0.717, 1.165) is 44.0 Å². The molecule has 0 amide bonds. The summed E-state index contributed by atoms with van der Waals surface area (Å²) in [6, 6.07) is 9.52. The molecule has 4 aromatic heterocycles. The van der Waals surface area contributed by atoms with Crippen LogP contribution in [0.1, 0.15) is 6.42 Å². The van der Waals surface area contributed by atoms with Crippen molar-refractivity contribution in [3.05, 3.63) is 48.9 Å². The summed E-state index contributed by atoms with van der Waals surface area (Å²) >= 11 is 0. The average molecular weight is 403 g/mol. The van der Waals surface area contributed by atoms with E-state index in [-0.39, 0.29) is 0 Å². The molecular weight excluding hydrogens is 382 g/mol. The largest absolute Gasteiger partial charge is 0.481 e. The van der Waals surface area contributed by atoms with Gasteiger partial charge in [-0.05, 0) is 30.7 Å². The predicted molar refractivity (Wildman–Crippen MR) is 112 cm³/mol. The summed E-state index contributed by atoms with van der Waals surface area (Å²) in [5, 5.41) is 13.4. The van der Waals surface area contributed by atoms with Crippen LogP contribution in [0.2, 0.25) is 0 Å². The second-order valence-electron chi connectivity index (χ2n) is 6.95. The minimum absolute atomic E-state index is 0.574. The zero-order chi connectivity index (χ0) is 20.3. The standard InChI is InChI=1S/C20H21N9O/c1-30-18-7-10-22-20(23-18)28-12-2-11-27(13-14-28)17-4-3-16-24-25-19(29(16)26-17)15-5-8-21-9-6-15/h3-10H,2,11-14H2,1H3. The quantitative estimate of drug-likeness (QED) is 0.504. The smallest absolute Gasteiger partial charge is 0.228 e. The first-order valence-corrected chi connectivity index (χ1v) is 9.81. The van der Waals surface area contributed by atoms with E-state index in [9.17, 15) is 0 Å². The normalized spacial score (nSPS) is 14.7. The number of ether oxygens (including phenoxy) is 1. The van der Waals surface area contributed by atoms with Crippen molar-refractivity contribution in [2.24, 2.45) is 0 Å². The molecule has 0 unspecified atom stereocenters. The van der Waals surface area contributed by atoms with E-state index in [1.54, 1.807) is 36.3 Å². The Balaban J connectivity index is 1.39. The molecule has 0 N–H and O–H groups in total. The van der Waals surface area contributed by atoms with E-state index in [4.69, 9.17) is 9.84 Å². The number of nitrogens with zero attached hydrogens (tertiary/aromatic N) is 9. The zero-order valence-electron chi connectivity index (χ0n) is 16.6. The minimum atomic E-state index is 0.574. The van der Waals surface area contributed by atoms with Crippen LogP contribution in [-0.4, -0.2) is 68.1 Å². The van der Waals surface area contributed by atoms with Crippen LogP contribution in [0.3, 0.4) is 0 Å². The molecule has 1 saturated heterocycles. The lowest BCUT2D eigenvalue weighted by Crippen LogP contribution is -2.32. The van der Waals surface area contributed by atoms with Gasteiger partial charge in [0.15, 0.2) is 11.5 Å². The number of hydrogen-bond acceptors (Lipinski definition) is 9. The van der Waals surface area contributed by atoms with Gasteiger partial charge in [0.2, 0.25) is 11.8 Å². The summed E-state index contributed by atoms with van der Waals surface area (Å²) in [4.78, 5) is 17.4. The second kappa shape index (κ2) is 7.90. The lowest BCUT2D eigenvalue weighted by atomic mass is 10.2. The maximum atomic E-state index is 5.23. The van der Waals surface area contributed by atoms with Gasteiger partial charge in [0.1, 0.15) is 5.82 Å². The van der Waals surface area contributed by atoms with Crippen molar-refractivity contribution >= 4 is 17.4 Å². The number of anilines is 2. The highest BCUT2D eigenvalue weighted by atomic mass is 16.5. The van der Waals surface area contributed by atoms with Gasteiger partial charge in [-0.2, -0.15) is 9.50 Å². The summed E-state index contributed by atoms with van der Waals surface area (Å²) < 4.78 is 7.02. The van der Waals surface area contributed by atoms with Gasteiger partial charge in [0.05, 0.1) is 7.11 Å². The molecule has 0 atom stereocenters. The van der Waals surface area contributed by atoms with Crippen molar-refractivity contribution in [1.82, 2.24) is 34.8 Å². The Kier molecular flexibility index (Phi) is 4.80. The number of rotatable bonds is 4. The highest BCUT2D eigenvalue weighted by molar-refractivity contribution is 5.59. The number of hydrogen-bond donors (Lipinski definition) is 0. The topological polar surface area (TPSA) is 97.5 Å². The Morgan fingerprint density at radius 2 is 1.70 bits per heavy atom. The summed E-state index contributed by atoms with van der Waals surface area (Å²) in [7, 11) is 1.61. The van der Waals surface area contributed by atoms with E-state index in [1.807, 2.05) is 24.3 Å². The van der Waals surface area contributed by atoms with Crippen molar-refractivity contribution in [2.45, 2.75) is 6.42 Å². The van der Waals surface area contributed by atoms with Gasteiger partial charge in [-0.3, -0.25) is 4.98 Å². The molecule has 0 radical (unpaired) electrons. The van der Waals surface area contributed by atoms with Crippen LogP contribution in [0.15, 0.2) is 48.9 Å². The molecule has 1 aliphatic heterocycles. The summed E-state index contributed by atoms with van der Waals surface area (Å²) in [6.45, 7) is 3.38. The van der Waals surface area contributed by atoms with E-state index >= 15 is 0 Å². The second-order valence-corrected chi connectivity index (χ2v) is 6.95. The summed E-state index contributed by atoms with van der Waals surface area (Å²) in [6.07, 6.45) is 6.18. The van der Waals surface area contributed by atoms with Crippen LogP contribution in [0.5, 0.6) is 5.88 Å². The molecule has 0 aliphatic carbocycles. The number of pyridine rings is 1. The average Bonchev–Trinajstić information content (AvgIpc) is 3.07. The molecule has 1 aliphatic rings. The van der Waals surface area contributed by atoms with Crippen LogP contribution >= 0.6 is 0 Å². The van der Waals surface area contributed by atoms with Crippen molar-refractivity contribution in [1.29, 1.82) is 0 Å². The maximum Gasteiger partial charge on any atom is 0.228 e. The fourth-order valence-corrected chi connectivity index (χ4v) is 3.57. The third kappa shape index (κ3) is 3.47. The lowest BCUT2D eigenvalue weighted by molar-refractivity contribution is 0.396. The molecule has 4 aromatic rings. The van der Waals surface area contributed by atoms with Gasteiger partial charge >= 0.3 is 0 Å². The predicted octanol–water partition coefficient (Wildman–Crippen LogP) is 1.70. The van der Waals surface area contributed by atoms with Gasteiger partial charge in [0.25, 0.3) is 0 Å². The molecule has 5 rings (SSSR count). The lowest BCUT2D eigenvalue weighted by Gasteiger charge is -2.22. The van der Waals surface area contributed by atoms with E-state index in [0.29, 0.717) is 23.3 Å². The molecule has 10 heteroatoms. The van der Waals surface area contributed by atoms with Crippen molar-refractivity contribution in [3.8, 4) is 17.3 Å². The fourth-order valence-electron chi connectivity index (χ4n) is 3.57. The minimum Gasteiger partial charge on any atom is -0.481 e. The maximum absolute atomic E-state index is 5.23. The Labute approximate surface area is 173 Å². The first-order valence-electron chi connectivity index (χ1n) is 9.81. The first kappa shape index (κ1) is 18.2. The number of fused-ring (bicyclic) bond motifs is 1. The van der Waals surface area contributed by atoms with Crippen molar-refractivity contribution in [2.75, 3.05) is 43.1 Å². The first-order chi connectivity index (χ1) is 14.8. The van der Waals surface area contributed by atoms with Gasteiger partial charge in [-0.1, -0.05) is 0 Å². The third-order valence-electron chi connectivity index (χ3n) is 5.12. The van der Waals surface area contributed by atoms with E-state index < -0.39 is 0 Å². The Morgan fingerprint density at radius 1 is 0.867 bits per heavy atom. The van der Waals surface area contributed by atoms with Crippen LogP contribution in [0.4, 0.5) is 11.8 Å². The SMILES string of the molecule is COc1ccnc(N2CCCN(c3ccc4nnc(-c5ccncc5)n4n3)CC2)n1. The monoisotopic (exact) mass is 403 g/mol. The highest BCUT2D eigenvalue weighted by Crippen LogP contribution is 2.21. The molecule has 0 bridgehead atoms. The van der Waals surface area contributed by atoms with Crippen LogP contribution in [-0.2, 0) is 0 Å². The highest BCUT2D eigenvalue weighted by Gasteiger charge is 2.19. The third-order valence-corrected chi connectivity index (χ3v) is 5.12. The van der Waals surface area contributed by atoms with Crippen LogP contribution in [0, 0.1) is 0 Å². The molecule has 1 fully saturated rings. The number of aromatic nitrogens is 7. The van der Waals surface area contributed by atoms with Crippen LogP contribution < -0.4 is 14.5 Å². The molecule has 152 valence electrons. The molecule has 30 heavy (non-hydrogen) atoms. The fraction of sp³-hybridized carbons (Fsp3) is 0.300. The van der Waals surface area contributed by atoms with Gasteiger partial charge in [-0.15, -0.1) is 15.3 Å².